The molecule has 2 saturated heterocycles. The molecule has 0 bridgehead atoms. The van der Waals surface area contributed by atoms with Gasteiger partial charge in [0.25, 0.3) is 0 Å². The summed E-state index contributed by atoms with van der Waals surface area (Å²) in [4.78, 5) is 28.6. The molecule has 1 N–H and O–H groups in total. The van der Waals surface area contributed by atoms with Crippen LogP contribution >= 0.6 is 0 Å². The zero-order valence-electron chi connectivity index (χ0n) is 14.7. The maximum atomic E-state index is 14.0. The van der Waals surface area contributed by atoms with Crippen LogP contribution in [0.4, 0.5) is 14.9 Å². The molecule has 2 atom stereocenters. The summed E-state index contributed by atoms with van der Waals surface area (Å²) < 4.78 is 14.0. The second-order valence-electron chi connectivity index (χ2n) is 6.83. The molecule has 0 unspecified atom stereocenters. The van der Waals surface area contributed by atoms with Crippen LogP contribution in [0.15, 0.2) is 24.3 Å². The minimum absolute atomic E-state index is 0.0234. The fraction of sp³-hybridized carbons (Fsp3) is 0.579. The summed E-state index contributed by atoms with van der Waals surface area (Å²) in [6.45, 7) is 3.41. The van der Waals surface area contributed by atoms with Crippen LogP contribution in [0, 0.1) is 0 Å². The molecular weight excluding hydrogens is 321 g/mol. The molecule has 0 aromatic heterocycles. The molecule has 2 aliphatic heterocycles. The van der Waals surface area contributed by atoms with Crippen LogP contribution in [-0.2, 0) is 11.2 Å². The van der Waals surface area contributed by atoms with E-state index in [4.69, 9.17) is 0 Å². The maximum absolute atomic E-state index is 14.0. The number of benzene rings is 1. The Morgan fingerprint density at radius 3 is 2.64 bits per heavy atom. The number of hydrogen-bond acceptors (Lipinski definition) is 2. The van der Waals surface area contributed by atoms with E-state index in [-0.39, 0.29) is 18.9 Å². The number of nitrogens with zero attached hydrogens (tertiary/aromatic N) is 2. The molecule has 1 aromatic carbocycles. The van der Waals surface area contributed by atoms with E-state index in [2.05, 4.69) is 5.32 Å². The van der Waals surface area contributed by atoms with Gasteiger partial charge in [-0.05, 0) is 37.3 Å². The Kier molecular flexibility index (Phi) is 5.56. The monoisotopic (exact) mass is 347 g/mol. The molecule has 0 aliphatic carbocycles. The van der Waals surface area contributed by atoms with Gasteiger partial charge in [-0.2, -0.15) is 0 Å². The van der Waals surface area contributed by atoms with E-state index in [1.54, 1.807) is 4.90 Å². The molecule has 0 saturated carbocycles. The van der Waals surface area contributed by atoms with E-state index in [0.29, 0.717) is 13.1 Å². The Labute approximate surface area is 148 Å². The Hall–Kier alpha value is -2.11. The van der Waals surface area contributed by atoms with Gasteiger partial charge in [0.1, 0.15) is 12.2 Å². The molecule has 3 rings (SSSR count). The number of carbonyl (C=O) groups is 2. The van der Waals surface area contributed by atoms with Gasteiger partial charge >= 0.3 is 6.03 Å². The number of urea groups is 1. The minimum Gasteiger partial charge on any atom is -0.341 e. The van der Waals surface area contributed by atoms with Gasteiger partial charge in [-0.1, -0.05) is 25.1 Å². The Balaban J connectivity index is 1.72. The van der Waals surface area contributed by atoms with Gasteiger partial charge in [0.2, 0.25) is 5.91 Å². The summed E-state index contributed by atoms with van der Waals surface area (Å²) >= 11 is 0. The Bertz CT molecular complexity index is 631. The molecule has 1 aromatic rings. The topological polar surface area (TPSA) is 52.7 Å². The summed E-state index contributed by atoms with van der Waals surface area (Å²) in [6.07, 6.45) is 2.82. The van der Waals surface area contributed by atoms with Gasteiger partial charge in [0.05, 0.1) is 6.54 Å². The molecule has 0 radical (unpaired) electrons. The number of amides is 3. The van der Waals surface area contributed by atoms with E-state index in [1.165, 1.54) is 4.90 Å². The first kappa shape index (κ1) is 17.7. The lowest BCUT2D eigenvalue weighted by Gasteiger charge is -2.32. The van der Waals surface area contributed by atoms with Crippen LogP contribution < -0.4 is 5.32 Å². The summed E-state index contributed by atoms with van der Waals surface area (Å²) in [5.74, 6) is -0.112. The van der Waals surface area contributed by atoms with Crippen molar-refractivity contribution in [1.29, 1.82) is 0 Å². The molecule has 6 heteroatoms. The summed E-state index contributed by atoms with van der Waals surface area (Å²) in [6, 6.07) is 6.48. The number of aryl methyl sites for hydroxylation is 1. The van der Waals surface area contributed by atoms with Crippen molar-refractivity contribution in [3.8, 4) is 0 Å². The van der Waals surface area contributed by atoms with Gasteiger partial charge < -0.3 is 15.1 Å². The number of nitrogens with one attached hydrogen (secondary N) is 1. The Morgan fingerprint density at radius 1 is 1.20 bits per heavy atom. The first-order valence-corrected chi connectivity index (χ1v) is 9.18. The number of rotatable bonds is 3. The van der Waals surface area contributed by atoms with Crippen molar-refractivity contribution >= 4 is 17.6 Å². The van der Waals surface area contributed by atoms with Crippen LogP contribution in [0.1, 0.15) is 38.2 Å². The highest BCUT2D eigenvalue weighted by Gasteiger charge is 2.41. The van der Waals surface area contributed by atoms with Crippen molar-refractivity contribution in [2.45, 2.75) is 51.2 Å². The van der Waals surface area contributed by atoms with Crippen LogP contribution in [0.3, 0.4) is 0 Å². The summed E-state index contributed by atoms with van der Waals surface area (Å²) in [5, 5.41) is 2.86. The molecule has 136 valence electrons. The summed E-state index contributed by atoms with van der Waals surface area (Å²) in [7, 11) is 0. The molecule has 2 fully saturated rings. The fourth-order valence-corrected chi connectivity index (χ4v) is 3.71. The van der Waals surface area contributed by atoms with Crippen molar-refractivity contribution in [1.82, 2.24) is 9.80 Å². The van der Waals surface area contributed by atoms with E-state index in [9.17, 15) is 14.0 Å². The average molecular weight is 347 g/mol. The van der Waals surface area contributed by atoms with Gasteiger partial charge in [-0.15, -0.1) is 0 Å². The number of para-hydroxylation sites is 1. The second-order valence-corrected chi connectivity index (χ2v) is 6.83. The van der Waals surface area contributed by atoms with Crippen LogP contribution in [0.2, 0.25) is 0 Å². The van der Waals surface area contributed by atoms with Crippen molar-refractivity contribution in [3.05, 3.63) is 29.8 Å². The number of likely N-dealkylation sites (tertiary alicyclic amines) is 2. The van der Waals surface area contributed by atoms with E-state index in [0.717, 1.165) is 36.9 Å². The largest absolute Gasteiger partial charge is 0.341 e. The SMILES string of the molecule is CCc1ccccc1NC(=O)N1C[C@@H](F)C[C@H]1C(=O)N1CCCCC1. The van der Waals surface area contributed by atoms with Crippen LogP contribution in [-0.4, -0.2) is 53.6 Å². The molecule has 5 nitrogen and oxygen atoms in total. The molecule has 2 aliphatic rings. The van der Waals surface area contributed by atoms with E-state index >= 15 is 0 Å². The van der Waals surface area contributed by atoms with E-state index in [1.807, 2.05) is 31.2 Å². The molecule has 25 heavy (non-hydrogen) atoms. The first-order chi connectivity index (χ1) is 12.1. The number of carbonyl (C=O) groups excluding carboxylic acids is 2. The second kappa shape index (κ2) is 7.85. The zero-order chi connectivity index (χ0) is 17.8. The van der Waals surface area contributed by atoms with Crippen LogP contribution in [0.5, 0.6) is 0 Å². The lowest BCUT2D eigenvalue weighted by atomic mass is 10.1. The van der Waals surface area contributed by atoms with Crippen molar-refractivity contribution in [2.24, 2.45) is 0 Å². The normalized spacial score (nSPS) is 23.6. The summed E-state index contributed by atoms with van der Waals surface area (Å²) in [5.41, 5.74) is 1.74. The van der Waals surface area contributed by atoms with Crippen molar-refractivity contribution in [3.63, 3.8) is 0 Å². The number of alkyl halides is 1. The maximum Gasteiger partial charge on any atom is 0.322 e. The highest BCUT2D eigenvalue weighted by molar-refractivity contribution is 5.95. The molecular formula is C19H26FN3O2. The minimum atomic E-state index is -1.15. The third kappa shape index (κ3) is 3.94. The number of hydrogen-bond donors (Lipinski definition) is 1. The fourth-order valence-electron chi connectivity index (χ4n) is 3.71. The molecule has 2 heterocycles. The molecule has 3 amide bonds. The van der Waals surface area contributed by atoms with Gasteiger partial charge in [-0.3, -0.25) is 4.79 Å². The highest BCUT2D eigenvalue weighted by atomic mass is 19.1. The Morgan fingerprint density at radius 2 is 1.92 bits per heavy atom. The molecule has 0 spiro atoms. The number of halogens is 1. The first-order valence-electron chi connectivity index (χ1n) is 9.18. The standard InChI is InChI=1S/C19H26FN3O2/c1-2-14-8-4-5-9-16(14)21-19(25)23-13-15(20)12-17(23)18(24)22-10-6-3-7-11-22/h4-5,8-9,15,17H,2-3,6-7,10-13H2,1H3,(H,21,25)/t15-,17-/m0/s1. The van der Waals surface area contributed by atoms with Crippen molar-refractivity contribution in [2.75, 3.05) is 25.0 Å². The van der Waals surface area contributed by atoms with E-state index < -0.39 is 18.2 Å². The third-order valence-corrected chi connectivity index (χ3v) is 5.10. The quantitative estimate of drug-likeness (QED) is 0.913. The van der Waals surface area contributed by atoms with Gasteiger partial charge in [-0.25, -0.2) is 9.18 Å². The zero-order valence-corrected chi connectivity index (χ0v) is 14.7. The highest BCUT2D eigenvalue weighted by Crippen LogP contribution is 2.25. The predicted octanol–water partition coefficient (Wildman–Crippen LogP) is 3.21. The lowest BCUT2D eigenvalue weighted by Crippen LogP contribution is -2.50. The number of anilines is 1. The smallest absolute Gasteiger partial charge is 0.322 e. The van der Waals surface area contributed by atoms with Crippen LogP contribution in [0.25, 0.3) is 0 Å². The lowest BCUT2D eigenvalue weighted by molar-refractivity contribution is -0.136. The van der Waals surface area contributed by atoms with Gasteiger partial charge in [0, 0.05) is 25.2 Å². The third-order valence-electron chi connectivity index (χ3n) is 5.10. The average Bonchev–Trinajstić information content (AvgIpc) is 3.04. The van der Waals surface area contributed by atoms with Crippen molar-refractivity contribution < 1.29 is 14.0 Å². The predicted molar refractivity (Wildman–Crippen MR) is 95.3 cm³/mol. The van der Waals surface area contributed by atoms with Gasteiger partial charge in [0.15, 0.2) is 0 Å². The number of piperidine rings is 1.